The van der Waals surface area contributed by atoms with Gasteiger partial charge in [-0.1, -0.05) is 17.7 Å². The molecule has 0 aliphatic heterocycles. The Balaban J connectivity index is 2.13. The molecule has 106 valence electrons. The standard InChI is InChI=1S/C13H16N4O2S/c1-10-4-6-13(7-5-10)20(18,19)16-14-8-12-9-15-17(3)11(12)2/h4-9,16H,1-3H3/b14-8-. The van der Waals surface area contributed by atoms with Gasteiger partial charge in [0.2, 0.25) is 0 Å². The average molecular weight is 292 g/mol. The Kier molecular flexibility index (Phi) is 3.89. The van der Waals surface area contributed by atoms with Gasteiger partial charge < -0.3 is 0 Å². The van der Waals surface area contributed by atoms with Gasteiger partial charge in [0.15, 0.2) is 0 Å². The number of benzene rings is 1. The SMILES string of the molecule is Cc1ccc(S(=O)(=O)N/N=C\c2cnn(C)c2C)cc1. The minimum absolute atomic E-state index is 0.183. The number of nitrogens with zero attached hydrogens (tertiary/aromatic N) is 3. The fraction of sp³-hybridized carbons (Fsp3) is 0.231. The van der Waals surface area contributed by atoms with Gasteiger partial charge in [0.05, 0.1) is 17.3 Å². The lowest BCUT2D eigenvalue weighted by Gasteiger charge is -2.03. The molecule has 0 spiro atoms. The molecule has 0 bridgehead atoms. The number of nitrogens with one attached hydrogen (secondary N) is 1. The van der Waals surface area contributed by atoms with E-state index in [0.717, 1.165) is 16.8 Å². The highest BCUT2D eigenvalue weighted by Gasteiger charge is 2.11. The summed E-state index contributed by atoms with van der Waals surface area (Å²) in [6, 6.07) is 6.57. The van der Waals surface area contributed by atoms with Crippen LogP contribution in [0.25, 0.3) is 0 Å². The first-order valence-electron chi connectivity index (χ1n) is 6.00. The molecule has 0 aliphatic carbocycles. The van der Waals surface area contributed by atoms with Gasteiger partial charge in [0.1, 0.15) is 0 Å². The van der Waals surface area contributed by atoms with Crippen molar-refractivity contribution in [1.82, 2.24) is 14.6 Å². The number of hydrazone groups is 1. The lowest BCUT2D eigenvalue weighted by atomic mass is 10.2. The number of rotatable bonds is 4. The topological polar surface area (TPSA) is 76.3 Å². The highest BCUT2D eigenvalue weighted by atomic mass is 32.2. The van der Waals surface area contributed by atoms with Crippen LogP contribution in [0.2, 0.25) is 0 Å². The van der Waals surface area contributed by atoms with Gasteiger partial charge in [-0.2, -0.15) is 18.6 Å². The molecule has 0 amide bonds. The number of hydrogen-bond acceptors (Lipinski definition) is 4. The van der Waals surface area contributed by atoms with Crippen LogP contribution in [0.3, 0.4) is 0 Å². The fourth-order valence-corrected chi connectivity index (χ4v) is 2.37. The zero-order valence-electron chi connectivity index (χ0n) is 11.5. The first-order valence-corrected chi connectivity index (χ1v) is 7.48. The summed E-state index contributed by atoms with van der Waals surface area (Å²) in [5.74, 6) is 0. The molecule has 0 radical (unpaired) electrons. The predicted molar refractivity (Wildman–Crippen MR) is 77.0 cm³/mol. The van der Waals surface area contributed by atoms with E-state index in [0.29, 0.717) is 0 Å². The molecule has 1 heterocycles. The second-order valence-electron chi connectivity index (χ2n) is 4.47. The van der Waals surface area contributed by atoms with Crippen LogP contribution in [0.15, 0.2) is 40.5 Å². The van der Waals surface area contributed by atoms with Gasteiger partial charge >= 0.3 is 0 Å². The maximum atomic E-state index is 12.0. The molecule has 0 unspecified atom stereocenters. The third-order valence-electron chi connectivity index (χ3n) is 2.98. The number of aryl methyl sites for hydroxylation is 2. The summed E-state index contributed by atoms with van der Waals surface area (Å²) in [5, 5.41) is 7.82. The monoisotopic (exact) mass is 292 g/mol. The van der Waals surface area contributed by atoms with Crippen molar-refractivity contribution in [2.24, 2.45) is 12.1 Å². The van der Waals surface area contributed by atoms with Crippen molar-refractivity contribution >= 4 is 16.2 Å². The number of hydrogen-bond donors (Lipinski definition) is 1. The number of aromatic nitrogens is 2. The van der Waals surface area contributed by atoms with E-state index in [4.69, 9.17) is 0 Å². The first kappa shape index (κ1) is 14.3. The molecular formula is C13H16N4O2S. The van der Waals surface area contributed by atoms with Crippen LogP contribution in [-0.4, -0.2) is 24.4 Å². The van der Waals surface area contributed by atoms with Crippen molar-refractivity contribution in [2.75, 3.05) is 0 Å². The molecule has 1 aromatic heterocycles. The smallest absolute Gasteiger partial charge is 0.272 e. The maximum Gasteiger partial charge on any atom is 0.276 e. The Bertz CT molecular complexity index is 730. The molecule has 20 heavy (non-hydrogen) atoms. The largest absolute Gasteiger partial charge is 0.276 e. The van der Waals surface area contributed by atoms with E-state index in [1.54, 1.807) is 35.1 Å². The summed E-state index contributed by atoms with van der Waals surface area (Å²) in [5.41, 5.74) is 2.67. The van der Waals surface area contributed by atoms with E-state index in [-0.39, 0.29) is 4.90 Å². The molecule has 6 nitrogen and oxygen atoms in total. The van der Waals surface area contributed by atoms with E-state index >= 15 is 0 Å². The van der Waals surface area contributed by atoms with Crippen LogP contribution < -0.4 is 4.83 Å². The van der Waals surface area contributed by atoms with Crippen LogP contribution in [0.1, 0.15) is 16.8 Å². The number of sulfonamides is 1. The van der Waals surface area contributed by atoms with Crippen molar-refractivity contribution in [2.45, 2.75) is 18.7 Å². The molecule has 0 atom stereocenters. The Hall–Kier alpha value is -2.15. The van der Waals surface area contributed by atoms with E-state index in [2.05, 4.69) is 15.0 Å². The lowest BCUT2D eigenvalue weighted by molar-refractivity contribution is 0.584. The van der Waals surface area contributed by atoms with Crippen molar-refractivity contribution in [3.63, 3.8) is 0 Å². The van der Waals surface area contributed by atoms with Crippen LogP contribution in [0.5, 0.6) is 0 Å². The van der Waals surface area contributed by atoms with Crippen LogP contribution in [0, 0.1) is 13.8 Å². The Morgan fingerprint density at radius 3 is 2.45 bits per heavy atom. The minimum Gasteiger partial charge on any atom is -0.272 e. The average Bonchev–Trinajstić information content (AvgIpc) is 2.71. The highest BCUT2D eigenvalue weighted by molar-refractivity contribution is 7.89. The van der Waals surface area contributed by atoms with E-state index in [9.17, 15) is 8.42 Å². The van der Waals surface area contributed by atoms with Crippen molar-refractivity contribution in [3.8, 4) is 0 Å². The minimum atomic E-state index is -3.63. The van der Waals surface area contributed by atoms with E-state index in [1.807, 2.05) is 20.9 Å². The molecule has 1 aromatic carbocycles. The second kappa shape index (κ2) is 5.46. The van der Waals surface area contributed by atoms with E-state index in [1.165, 1.54) is 6.21 Å². The zero-order chi connectivity index (χ0) is 14.8. The molecule has 0 fully saturated rings. The van der Waals surface area contributed by atoms with Gasteiger partial charge in [-0.05, 0) is 26.0 Å². The molecule has 2 aromatic rings. The van der Waals surface area contributed by atoms with Gasteiger partial charge in [-0.15, -0.1) is 0 Å². The van der Waals surface area contributed by atoms with Crippen molar-refractivity contribution < 1.29 is 8.42 Å². The Morgan fingerprint density at radius 2 is 1.90 bits per heavy atom. The Labute approximate surface area is 118 Å². The summed E-state index contributed by atoms with van der Waals surface area (Å²) in [6.07, 6.45) is 3.06. The summed E-state index contributed by atoms with van der Waals surface area (Å²) in [6.45, 7) is 3.77. The normalized spacial score (nSPS) is 11.9. The van der Waals surface area contributed by atoms with Crippen molar-refractivity contribution in [3.05, 3.63) is 47.3 Å². The van der Waals surface area contributed by atoms with Gasteiger partial charge in [-0.25, -0.2) is 4.83 Å². The summed E-state index contributed by atoms with van der Waals surface area (Å²) < 4.78 is 25.6. The van der Waals surface area contributed by atoms with Crippen LogP contribution in [0.4, 0.5) is 0 Å². The van der Waals surface area contributed by atoms with Crippen molar-refractivity contribution in [1.29, 1.82) is 0 Å². The molecule has 7 heteroatoms. The highest BCUT2D eigenvalue weighted by Crippen LogP contribution is 2.09. The van der Waals surface area contributed by atoms with Gasteiger partial charge in [0.25, 0.3) is 10.0 Å². The lowest BCUT2D eigenvalue weighted by Crippen LogP contribution is -2.18. The predicted octanol–water partition coefficient (Wildman–Crippen LogP) is 1.35. The first-order chi connectivity index (χ1) is 9.40. The molecular weight excluding hydrogens is 276 g/mol. The van der Waals surface area contributed by atoms with E-state index < -0.39 is 10.0 Å². The molecule has 1 N–H and O–H groups in total. The fourth-order valence-electron chi connectivity index (χ4n) is 1.58. The third-order valence-corrected chi connectivity index (χ3v) is 4.22. The Morgan fingerprint density at radius 1 is 1.25 bits per heavy atom. The second-order valence-corrected chi connectivity index (χ2v) is 6.14. The summed E-state index contributed by atoms with van der Waals surface area (Å²) in [7, 11) is -1.82. The summed E-state index contributed by atoms with van der Waals surface area (Å²) in [4.78, 5) is 2.37. The van der Waals surface area contributed by atoms with Crippen LogP contribution in [-0.2, 0) is 17.1 Å². The molecule has 0 saturated carbocycles. The molecule has 0 saturated heterocycles. The molecule has 0 aliphatic rings. The third kappa shape index (κ3) is 3.05. The summed E-state index contributed by atoms with van der Waals surface area (Å²) >= 11 is 0. The van der Waals surface area contributed by atoms with Gasteiger partial charge in [0, 0.05) is 18.3 Å². The van der Waals surface area contributed by atoms with Gasteiger partial charge in [-0.3, -0.25) is 4.68 Å². The maximum absolute atomic E-state index is 12.0. The molecule has 2 rings (SSSR count). The van der Waals surface area contributed by atoms with Crippen LogP contribution >= 0.6 is 0 Å². The quantitative estimate of drug-likeness (QED) is 0.682. The zero-order valence-corrected chi connectivity index (χ0v) is 12.3.